The van der Waals surface area contributed by atoms with Crippen LogP contribution in [0.15, 0.2) is 78.9 Å². The Balaban J connectivity index is 0.665. The molecule has 4 aromatic carbocycles. The van der Waals surface area contributed by atoms with Gasteiger partial charge in [-0.05, 0) is 106 Å². The molecule has 2 atom stereocenters. The number of hydrogen-bond donors (Lipinski definition) is 4. The summed E-state index contributed by atoms with van der Waals surface area (Å²) < 4.78 is 28.5. The lowest BCUT2D eigenvalue weighted by Crippen LogP contribution is -2.57. The number of hydrogen-bond acceptors (Lipinski definition) is 13. The van der Waals surface area contributed by atoms with Gasteiger partial charge in [0, 0.05) is 92.3 Å². The first-order chi connectivity index (χ1) is 37.2. The fraction of sp³-hybridized carbons (Fsp3) is 0.456. The number of benzene rings is 4. The van der Waals surface area contributed by atoms with Crippen LogP contribution in [0.5, 0.6) is 5.75 Å². The standard InChI is InChI=1S/C57H65ClFN9O9/c58-44-15-9-36(43(34-5-2-1-3-6-34)30-62-38-12-10-37(60)11-13-38)29-42(44)50-40(53(61)71)14-17-47(52(50)59)77-28-27-76-39-31-67(32-39)49(70)33-64-21-19-35(20-22-64)55(73)66-25-23-65(24-26-66)45-8-4-7-41-51(45)57(75)68(56(41)74)46-16-18-48(69)63-54(46)72/h1-9,14-15,17,29,35,37-39,43,46,62H,10-13,16,18-28,30-33,60H2,(H2,61,71)(H,63,69,72). The van der Waals surface area contributed by atoms with E-state index in [0.29, 0.717) is 89.0 Å². The number of piperidine rings is 2. The largest absolute Gasteiger partial charge is 0.488 e. The van der Waals surface area contributed by atoms with Crippen LogP contribution >= 0.6 is 11.6 Å². The van der Waals surface area contributed by atoms with Crippen LogP contribution in [0.25, 0.3) is 11.1 Å². The zero-order valence-corrected chi connectivity index (χ0v) is 43.7. The van der Waals surface area contributed by atoms with Crippen molar-refractivity contribution in [2.75, 3.05) is 83.6 Å². The van der Waals surface area contributed by atoms with Crippen molar-refractivity contribution in [3.05, 3.63) is 118 Å². The molecule has 4 aromatic rings. The molecule has 0 spiro atoms. The Labute approximate surface area is 451 Å². The molecule has 406 valence electrons. The lowest BCUT2D eigenvalue weighted by Gasteiger charge is -2.41. The van der Waals surface area contributed by atoms with Gasteiger partial charge in [-0.1, -0.05) is 54.1 Å². The number of likely N-dealkylation sites (tertiary alicyclic amines) is 2. The molecule has 0 bridgehead atoms. The molecule has 10 rings (SSSR count). The highest BCUT2D eigenvalue weighted by Gasteiger charge is 2.46. The number of carbonyl (C=O) groups is 7. The Kier molecular flexibility index (Phi) is 16.3. The SMILES string of the molecule is NC(=O)c1ccc(OCCOC2CN(C(=O)CN3CCC(C(=O)N4CCN(c5cccc6c5C(=O)N(C5CCC(=O)NC5=O)C6=O)CC4)CC3)C2)c(F)c1-c1cc(C(CNC2CCC(N)CC2)c2ccccc2)ccc1Cl. The minimum Gasteiger partial charge on any atom is -0.488 e. The summed E-state index contributed by atoms with van der Waals surface area (Å²) in [5.74, 6) is -4.12. The molecule has 6 N–H and O–H groups in total. The van der Waals surface area contributed by atoms with Crippen LogP contribution in [0.1, 0.15) is 99.5 Å². The second-order valence-electron chi connectivity index (χ2n) is 21.0. The molecule has 7 amide bonds. The van der Waals surface area contributed by atoms with Gasteiger partial charge in [-0.15, -0.1) is 0 Å². The van der Waals surface area contributed by atoms with Gasteiger partial charge in [0.25, 0.3) is 11.8 Å². The van der Waals surface area contributed by atoms with Crippen LogP contribution in [-0.2, 0) is 23.9 Å². The van der Waals surface area contributed by atoms with E-state index in [4.69, 9.17) is 32.5 Å². The van der Waals surface area contributed by atoms with Gasteiger partial charge in [0.1, 0.15) is 12.6 Å². The second kappa shape index (κ2) is 23.5. The first-order valence-electron chi connectivity index (χ1n) is 26.8. The van der Waals surface area contributed by atoms with Crippen molar-refractivity contribution >= 4 is 58.6 Å². The molecule has 77 heavy (non-hydrogen) atoms. The Morgan fingerprint density at radius 3 is 2.22 bits per heavy atom. The van der Waals surface area contributed by atoms with E-state index in [-0.39, 0.29) is 101 Å². The van der Waals surface area contributed by atoms with Crippen molar-refractivity contribution in [1.82, 2.24) is 30.2 Å². The summed E-state index contributed by atoms with van der Waals surface area (Å²) in [5.41, 5.74) is 15.2. The second-order valence-corrected chi connectivity index (χ2v) is 21.4. The van der Waals surface area contributed by atoms with Crippen LogP contribution in [-0.4, -0.2) is 164 Å². The maximum atomic E-state index is 16.6. The van der Waals surface area contributed by atoms with Crippen molar-refractivity contribution in [3.8, 4) is 16.9 Å². The Hall–Kier alpha value is -6.77. The van der Waals surface area contributed by atoms with Crippen LogP contribution in [0.4, 0.5) is 10.1 Å². The molecular weight excluding hydrogens is 1010 g/mol. The summed E-state index contributed by atoms with van der Waals surface area (Å²) >= 11 is 6.79. The molecule has 6 aliphatic rings. The van der Waals surface area contributed by atoms with Gasteiger partial charge in [-0.2, -0.15) is 0 Å². The summed E-state index contributed by atoms with van der Waals surface area (Å²) in [7, 11) is 0. The number of nitrogens with zero attached hydrogens (tertiary/aromatic N) is 5. The number of anilines is 1. The summed E-state index contributed by atoms with van der Waals surface area (Å²) in [6.45, 7) is 4.78. The van der Waals surface area contributed by atoms with Crippen molar-refractivity contribution in [2.24, 2.45) is 17.4 Å². The third-order valence-corrected chi connectivity index (χ3v) is 16.5. The van der Waals surface area contributed by atoms with Gasteiger partial charge in [-0.3, -0.25) is 48.7 Å². The predicted molar refractivity (Wildman–Crippen MR) is 285 cm³/mol. The summed E-state index contributed by atoms with van der Waals surface area (Å²) in [5, 5.41) is 6.22. The Morgan fingerprint density at radius 2 is 1.51 bits per heavy atom. The molecule has 1 aliphatic carbocycles. The zero-order chi connectivity index (χ0) is 53.9. The summed E-state index contributed by atoms with van der Waals surface area (Å²) in [4.78, 5) is 99.8. The Bertz CT molecular complexity index is 2920. The number of piperazine rings is 1. The van der Waals surface area contributed by atoms with Crippen molar-refractivity contribution in [3.63, 3.8) is 0 Å². The first kappa shape index (κ1) is 53.6. The third-order valence-electron chi connectivity index (χ3n) is 16.2. The molecule has 0 aromatic heterocycles. The minimum absolute atomic E-state index is 0.00662. The van der Waals surface area contributed by atoms with Crippen LogP contribution in [0.2, 0.25) is 5.02 Å². The number of amides is 7. The molecule has 4 saturated heterocycles. The number of halogens is 2. The molecule has 2 unspecified atom stereocenters. The van der Waals surface area contributed by atoms with E-state index in [1.54, 1.807) is 29.2 Å². The number of carbonyl (C=O) groups excluding carboxylic acids is 7. The molecule has 20 heteroatoms. The lowest BCUT2D eigenvalue weighted by molar-refractivity contribution is -0.147. The van der Waals surface area contributed by atoms with Gasteiger partial charge in [0.2, 0.25) is 29.5 Å². The van der Waals surface area contributed by atoms with E-state index < -0.39 is 41.4 Å². The van der Waals surface area contributed by atoms with Crippen molar-refractivity contribution in [1.29, 1.82) is 0 Å². The number of rotatable bonds is 17. The van der Waals surface area contributed by atoms with Crippen LogP contribution in [0.3, 0.4) is 0 Å². The van der Waals surface area contributed by atoms with E-state index in [1.807, 2.05) is 40.1 Å². The van der Waals surface area contributed by atoms with Crippen molar-refractivity contribution < 1.29 is 47.4 Å². The molecular formula is C57H65ClFN9O9. The molecule has 18 nitrogen and oxygen atoms in total. The average Bonchev–Trinajstić information content (AvgIpc) is 3.78. The Morgan fingerprint density at radius 1 is 0.766 bits per heavy atom. The lowest BCUT2D eigenvalue weighted by atomic mass is 9.87. The van der Waals surface area contributed by atoms with Gasteiger partial charge in [0.05, 0.1) is 41.6 Å². The number of ether oxygens (including phenoxy) is 2. The summed E-state index contributed by atoms with van der Waals surface area (Å²) in [6, 6.07) is 22.9. The fourth-order valence-corrected chi connectivity index (χ4v) is 12.0. The molecule has 5 heterocycles. The van der Waals surface area contributed by atoms with E-state index in [9.17, 15) is 33.6 Å². The zero-order valence-electron chi connectivity index (χ0n) is 42.9. The maximum absolute atomic E-state index is 16.6. The first-order valence-corrected chi connectivity index (χ1v) is 27.2. The van der Waals surface area contributed by atoms with E-state index in [1.165, 1.54) is 12.1 Å². The van der Waals surface area contributed by atoms with E-state index in [0.717, 1.165) is 41.7 Å². The van der Waals surface area contributed by atoms with Crippen LogP contribution < -0.4 is 31.7 Å². The monoisotopic (exact) mass is 1070 g/mol. The number of fused-ring (bicyclic) bond motifs is 1. The van der Waals surface area contributed by atoms with Crippen LogP contribution in [0, 0.1) is 11.7 Å². The molecule has 5 aliphatic heterocycles. The molecule has 0 radical (unpaired) electrons. The minimum atomic E-state index is -1.06. The normalized spacial score (nSPS) is 21.9. The quantitative estimate of drug-likeness (QED) is 0.0855. The fourth-order valence-electron chi connectivity index (χ4n) is 11.7. The predicted octanol–water partition coefficient (Wildman–Crippen LogP) is 4.30. The third kappa shape index (κ3) is 11.6. The highest BCUT2D eigenvalue weighted by Crippen LogP contribution is 2.40. The smallest absolute Gasteiger partial charge is 0.264 e. The van der Waals surface area contributed by atoms with E-state index >= 15 is 4.39 Å². The number of nitrogens with two attached hydrogens (primary N) is 2. The van der Waals surface area contributed by atoms with Crippen molar-refractivity contribution in [2.45, 2.75) is 81.5 Å². The topological polar surface area (TPSA) is 230 Å². The molecule has 5 fully saturated rings. The van der Waals surface area contributed by atoms with Gasteiger partial charge in [0.15, 0.2) is 11.6 Å². The van der Waals surface area contributed by atoms with Gasteiger partial charge in [-0.25, -0.2) is 4.39 Å². The highest BCUT2D eigenvalue weighted by atomic mass is 35.5. The molecule has 1 saturated carbocycles. The summed E-state index contributed by atoms with van der Waals surface area (Å²) in [6.07, 6.45) is 5.06. The highest BCUT2D eigenvalue weighted by molar-refractivity contribution is 6.33. The number of primary amides is 1. The maximum Gasteiger partial charge on any atom is 0.264 e. The van der Waals surface area contributed by atoms with Gasteiger partial charge < -0.3 is 41.0 Å². The number of nitrogens with one attached hydrogen (secondary N) is 2. The van der Waals surface area contributed by atoms with Gasteiger partial charge >= 0.3 is 0 Å². The average molecular weight is 1070 g/mol. The number of imide groups is 2. The van der Waals surface area contributed by atoms with E-state index in [2.05, 4.69) is 27.7 Å².